The predicted molar refractivity (Wildman–Crippen MR) is 59.1 cm³/mol. The normalized spacial score (nSPS) is 13.4. The highest BCUT2D eigenvalue weighted by molar-refractivity contribution is 5.23. The maximum Gasteiger partial charge on any atom is 0.0289 e. The van der Waals surface area contributed by atoms with Gasteiger partial charge in [0.1, 0.15) is 0 Å². The molecule has 0 radical (unpaired) electrons. The van der Waals surface area contributed by atoms with Crippen molar-refractivity contribution in [1.82, 2.24) is 5.32 Å². The molecule has 0 unspecified atom stereocenters. The summed E-state index contributed by atoms with van der Waals surface area (Å²) in [6.45, 7) is 12.0. The summed E-state index contributed by atoms with van der Waals surface area (Å²) in [5.41, 5.74) is 7.26. The van der Waals surface area contributed by atoms with E-state index in [9.17, 15) is 0 Å². The Hall–Kier alpha value is -1.18. The van der Waals surface area contributed by atoms with Gasteiger partial charge in [-0.15, -0.1) is 0 Å². The minimum atomic E-state index is 0.0477. The van der Waals surface area contributed by atoms with Gasteiger partial charge >= 0.3 is 0 Å². The van der Waals surface area contributed by atoms with Gasteiger partial charge in [0.05, 0.1) is 0 Å². The van der Waals surface area contributed by atoms with Crippen molar-refractivity contribution in [1.29, 1.82) is 0 Å². The van der Waals surface area contributed by atoms with Gasteiger partial charge in [0.25, 0.3) is 0 Å². The average molecular weight is 180 g/mol. The van der Waals surface area contributed by atoms with Gasteiger partial charge < -0.3 is 11.1 Å². The monoisotopic (exact) mass is 180 g/mol. The van der Waals surface area contributed by atoms with Crippen LogP contribution < -0.4 is 11.1 Å². The first-order chi connectivity index (χ1) is 5.85. The van der Waals surface area contributed by atoms with Crippen LogP contribution in [0.5, 0.6) is 0 Å². The van der Waals surface area contributed by atoms with E-state index in [4.69, 9.17) is 5.73 Å². The Balaban J connectivity index is 4.10. The number of nitrogens with one attached hydrogen (secondary N) is 1. The largest absolute Gasteiger partial charge is 0.399 e. The SMILES string of the molecule is C=C(/C=C\C(N)=C/C)NC(C)(C)C. The highest BCUT2D eigenvalue weighted by Gasteiger charge is 2.07. The molecule has 0 atom stereocenters. The standard InChI is InChI=1S/C11H20N2/c1-6-10(12)8-7-9(2)13-11(3,4)5/h6-8,13H,2,12H2,1,3-5H3/b8-7-,10-6+. The predicted octanol–water partition coefficient (Wildman–Crippen LogP) is 2.31. The molecule has 0 amide bonds. The lowest BCUT2D eigenvalue weighted by molar-refractivity contribution is 0.480. The molecule has 0 aliphatic carbocycles. The minimum absolute atomic E-state index is 0.0477. The summed E-state index contributed by atoms with van der Waals surface area (Å²) in [6, 6.07) is 0. The lowest BCUT2D eigenvalue weighted by Gasteiger charge is -2.22. The van der Waals surface area contributed by atoms with Crippen LogP contribution in [0, 0.1) is 0 Å². The molecule has 2 nitrogen and oxygen atoms in total. The summed E-state index contributed by atoms with van der Waals surface area (Å²) in [6.07, 6.45) is 5.56. The third-order valence-electron chi connectivity index (χ3n) is 1.35. The van der Waals surface area contributed by atoms with Crippen molar-refractivity contribution in [3.05, 3.63) is 36.2 Å². The van der Waals surface area contributed by atoms with Crippen LogP contribution in [0.3, 0.4) is 0 Å². The van der Waals surface area contributed by atoms with Crippen molar-refractivity contribution in [2.75, 3.05) is 0 Å². The van der Waals surface area contributed by atoms with Crippen molar-refractivity contribution >= 4 is 0 Å². The first-order valence-electron chi connectivity index (χ1n) is 4.42. The molecule has 0 rings (SSSR count). The molecular formula is C11H20N2. The van der Waals surface area contributed by atoms with Crippen molar-refractivity contribution < 1.29 is 0 Å². The topological polar surface area (TPSA) is 38.0 Å². The molecule has 0 spiro atoms. The summed E-state index contributed by atoms with van der Waals surface area (Å²) >= 11 is 0. The van der Waals surface area contributed by atoms with E-state index in [1.807, 2.05) is 25.2 Å². The molecule has 2 heteroatoms. The second kappa shape index (κ2) is 4.75. The third kappa shape index (κ3) is 7.19. The fourth-order valence-electron chi connectivity index (χ4n) is 0.816. The maximum absolute atomic E-state index is 5.59. The Morgan fingerprint density at radius 3 is 2.23 bits per heavy atom. The van der Waals surface area contributed by atoms with E-state index < -0.39 is 0 Å². The van der Waals surface area contributed by atoms with Gasteiger partial charge in [-0.05, 0) is 39.8 Å². The summed E-state index contributed by atoms with van der Waals surface area (Å²) < 4.78 is 0. The fourth-order valence-corrected chi connectivity index (χ4v) is 0.816. The number of hydrogen-bond acceptors (Lipinski definition) is 2. The molecule has 0 fully saturated rings. The van der Waals surface area contributed by atoms with Gasteiger partial charge in [-0.25, -0.2) is 0 Å². The van der Waals surface area contributed by atoms with Gasteiger partial charge in [0.2, 0.25) is 0 Å². The Morgan fingerprint density at radius 1 is 1.31 bits per heavy atom. The van der Waals surface area contributed by atoms with Crippen molar-refractivity contribution in [3.63, 3.8) is 0 Å². The first kappa shape index (κ1) is 11.8. The zero-order valence-electron chi connectivity index (χ0n) is 9.02. The molecule has 0 saturated carbocycles. The van der Waals surface area contributed by atoms with Gasteiger partial charge in [-0.3, -0.25) is 0 Å². The van der Waals surface area contributed by atoms with Crippen LogP contribution in [0.2, 0.25) is 0 Å². The zero-order chi connectivity index (χ0) is 10.5. The Kier molecular flexibility index (Phi) is 4.32. The van der Waals surface area contributed by atoms with Gasteiger partial charge in [0.15, 0.2) is 0 Å². The van der Waals surface area contributed by atoms with E-state index in [0.29, 0.717) is 0 Å². The lowest BCUT2D eigenvalue weighted by Crippen LogP contribution is -2.34. The molecule has 74 valence electrons. The molecule has 0 saturated heterocycles. The summed E-state index contributed by atoms with van der Waals surface area (Å²) in [7, 11) is 0. The molecule has 0 bridgehead atoms. The van der Waals surface area contributed by atoms with E-state index >= 15 is 0 Å². The number of rotatable bonds is 3. The zero-order valence-corrected chi connectivity index (χ0v) is 9.02. The molecule has 0 aliphatic rings. The molecule has 13 heavy (non-hydrogen) atoms. The van der Waals surface area contributed by atoms with Crippen LogP contribution in [-0.4, -0.2) is 5.54 Å². The number of hydrogen-bond donors (Lipinski definition) is 2. The lowest BCUT2D eigenvalue weighted by atomic mass is 10.1. The third-order valence-corrected chi connectivity index (χ3v) is 1.35. The van der Waals surface area contributed by atoms with E-state index in [2.05, 4.69) is 32.7 Å². The Bertz CT molecular complexity index is 229. The second-order valence-electron chi connectivity index (χ2n) is 4.02. The number of allylic oxidation sites excluding steroid dienone is 3. The van der Waals surface area contributed by atoms with E-state index in [-0.39, 0.29) is 5.54 Å². The second-order valence-corrected chi connectivity index (χ2v) is 4.02. The molecule has 3 N–H and O–H groups in total. The van der Waals surface area contributed by atoms with Crippen LogP contribution >= 0.6 is 0 Å². The molecule has 0 heterocycles. The summed E-state index contributed by atoms with van der Waals surface area (Å²) in [4.78, 5) is 0. The molecule has 0 aromatic heterocycles. The van der Waals surface area contributed by atoms with Crippen LogP contribution in [-0.2, 0) is 0 Å². The van der Waals surface area contributed by atoms with Gasteiger partial charge in [0, 0.05) is 16.9 Å². The van der Waals surface area contributed by atoms with Crippen LogP contribution in [0.4, 0.5) is 0 Å². The van der Waals surface area contributed by atoms with Gasteiger partial charge in [-0.2, -0.15) is 0 Å². The van der Waals surface area contributed by atoms with E-state index in [1.165, 1.54) is 0 Å². The molecular weight excluding hydrogens is 160 g/mol. The Labute approximate surface area is 81.2 Å². The smallest absolute Gasteiger partial charge is 0.0289 e. The highest BCUT2D eigenvalue weighted by Crippen LogP contribution is 2.03. The molecule has 0 aliphatic heterocycles. The number of nitrogens with two attached hydrogens (primary N) is 1. The summed E-state index contributed by atoms with van der Waals surface area (Å²) in [5.74, 6) is 0. The maximum atomic E-state index is 5.59. The van der Waals surface area contributed by atoms with Crippen LogP contribution in [0.1, 0.15) is 27.7 Å². The van der Waals surface area contributed by atoms with Crippen molar-refractivity contribution in [2.24, 2.45) is 5.73 Å². The highest BCUT2D eigenvalue weighted by atomic mass is 14.9. The fraction of sp³-hybridized carbons (Fsp3) is 0.455. The first-order valence-corrected chi connectivity index (χ1v) is 4.42. The molecule has 0 aromatic rings. The molecule has 0 aromatic carbocycles. The van der Waals surface area contributed by atoms with Crippen molar-refractivity contribution in [3.8, 4) is 0 Å². The van der Waals surface area contributed by atoms with Gasteiger partial charge in [-0.1, -0.05) is 12.7 Å². The summed E-state index contributed by atoms with van der Waals surface area (Å²) in [5, 5.41) is 3.23. The van der Waals surface area contributed by atoms with Crippen molar-refractivity contribution in [2.45, 2.75) is 33.2 Å². The quantitative estimate of drug-likeness (QED) is 0.654. The van der Waals surface area contributed by atoms with Crippen LogP contribution in [0.15, 0.2) is 36.2 Å². The minimum Gasteiger partial charge on any atom is -0.399 e. The Morgan fingerprint density at radius 2 is 1.85 bits per heavy atom. The average Bonchev–Trinajstić information content (AvgIpc) is 1.97. The van der Waals surface area contributed by atoms with Crippen LogP contribution in [0.25, 0.3) is 0 Å². The van der Waals surface area contributed by atoms with E-state index in [1.54, 1.807) is 0 Å². The van der Waals surface area contributed by atoms with E-state index in [0.717, 1.165) is 11.4 Å².